The van der Waals surface area contributed by atoms with Gasteiger partial charge in [0.25, 0.3) is 0 Å². The summed E-state index contributed by atoms with van der Waals surface area (Å²) in [6, 6.07) is 0. The van der Waals surface area contributed by atoms with Gasteiger partial charge >= 0.3 is 5.97 Å². The van der Waals surface area contributed by atoms with Crippen LogP contribution in [0.4, 0.5) is 0 Å². The second-order valence-corrected chi connectivity index (χ2v) is 2.39. The number of carboxylic acid groups (broad SMARTS) is 1. The van der Waals surface area contributed by atoms with Crippen molar-refractivity contribution in [2.45, 2.75) is 0 Å². The minimum atomic E-state index is -1.08. The molecule has 1 heterocycles. The van der Waals surface area contributed by atoms with E-state index in [0.29, 0.717) is 0 Å². The highest BCUT2D eigenvalue weighted by Crippen LogP contribution is 2.09. The molecule has 0 saturated carbocycles. The van der Waals surface area contributed by atoms with E-state index in [9.17, 15) is 4.79 Å². The fourth-order valence-electron chi connectivity index (χ4n) is 0.514. The summed E-state index contributed by atoms with van der Waals surface area (Å²) in [6.45, 7) is 0. The molecule has 0 aliphatic heterocycles. The van der Waals surface area contributed by atoms with Crippen molar-refractivity contribution in [3.8, 4) is 0 Å². The molecule has 1 rings (SSSR count). The SMILES string of the molecule is Cn1nc(Br)c(C(=O)O)n1. The highest BCUT2D eigenvalue weighted by Gasteiger charge is 2.13. The molecular formula is C4H4BrN3O2. The average Bonchev–Trinajstić information content (AvgIpc) is 2.10. The lowest BCUT2D eigenvalue weighted by molar-refractivity contribution is 0.0688. The Hall–Kier alpha value is -0.910. The van der Waals surface area contributed by atoms with Gasteiger partial charge in [-0.2, -0.15) is 4.80 Å². The van der Waals surface area contributed by atoms with Gasteiger partial charge in [0.2, 0.25) is 5.69 Å². The zero-order chi connectivity index (χ0) is 7.72. The Morgan fingerprint density at radius 3 is 2.50 bits per heavy atom. The summed E-state index contributed by atoms with van der Waals surface area (Å²) in [6.07, 6.45) is 0. The molecule has 10 heavy (non-hydrogen) atoms. The van der Waals surface area contributed by atoms with E-state index in [2.05, 4.69) is 26.1 Å². The molecule has 1 aromatic heterocycles. The van der Waals surface area contributed by atoms with E-state index in [-0.39, 0.29) is 10.3 Å². The number of aromatic carboxylic acids is 1. The Morgan fingerprint density at radius 1 is 1.70 bits per heavy atom. The third-order valence-corrected chi connectivity index (χ3v) is 1.41. The molecule has 0 spiro atoms. The molecule has 1 aromatic rings. The van der Waals surface area contributed by atoms with Crippen LogP contribution in [0.1, 0.15) is 10.5 Å². The van der Waals surface area contributed by atoms with Gasteiger partial charge in [0.1, 0.15) is 0 Å². The normalized spacial score (nSPS) is 9.80. The lowest BCUT2D eigenvalue weighted by Crippen LogP contribution is -1.99. The van der Waals surface area contributed by atoms with Crippen molar-refractivity contribution >= 4 is 21.9 Å². The number of hydrogen-bond donors (Lipinski definition) is 1. The lowest BCUT2D eigenvalue weighted by atomic mass is 10.5. The third kappa shape index (κ3) is 1.15. The van der Waals surface area contributed by atoms with Gasteiger partial charge in [-0.25, -0.2) is 4.79 Å². The molecule has 6 heteroatoms. The number of nitrogens with zero attached hydrogens (tertiary/aromatic N) is 3. The number of aryl methyl sites for hydroxylation is 1. The predicted octanol–water partition coefficient (Wildman–Crippen LogP) is 0.276. The van der Waals surface area contributed by atoms with Gasteiger partial charge < -0.3 is 5.11 Å². The van der Waals surface area contributed by atoms with Crippen LogP contribution in [0.3, 0.4) is 0 Å². The van der Waals surface area contributed by atoms with E-state index in [1.165, 1.54) is 4.80 Å². The summed E-state index contributed by atoms with van der Waals surface area (Å²) < 4.78 is 0.252. The van der Waals surface area contributed by atoms with Crippen LogP contribution in [-0.4, -0.2) is 26.1 Å². The maximum atomic E-state index is 10.3. The first-order valence-corrected chi connectivity index (χ1v) is 3.20. The number of hydrogen-bond acceptors (Lipinski definition) is 3. The summed E-state index contributed by atoms with van der Waals surface area (Å²) in [5.74, 6) is -1.08. The molecule has 54 valence electrons. The van der Waals surface area contributed by atoms with E-state index < -0.39 is 5.97 Å². The van der Waals surface area contributed by atoms with Gasteiger partial charge in [-0.15, -0.1) is 10.2 Å². The quantitative estimate of drug-likeness (QED) is 0.716. The van der Waals surface area contributed by atoms with Crippen molar-refractivity contribution < 1.29 is 9.90 Å². The average molecular weight is 206 g/mol. The Morgan fingerprint density at radius 2 is 2.30 bits per heavy atom. The van der Waals surface area contributed by atoms with Crippen molar-refractivity contribution in [2.24, 2.45) is 7.05 Å². The van der Waals surface area contributed by atoms with Crippen molar-refractivity contribution in [3.05, 3.63) is 10.3 Å². The highest BCUT2D eigenvalue weighted by atomic mass is 79.9. The first-order valence-electron chi connectivity index (χ1n) is 2.41. The Labute approximate surface area is 64.8 Å². The third-order valence-electron chi connectivity index (χ3n) is 0.875. The van der Waals surface area contributed by atoms with E-state index in [1.54, 1.807) is 7.05 Å². The molecule has 0 aliphatic carbocycles. The monoisotopic (exact) mass is 205 g/mol. The summed E-state index contributed by atoms with van der Waals surface area (Å²) in [5.41, 5.74) is -0.0671. The summed E-state index contributed by atoms with van der Waals surface area (Å²) >= 11 is 2.94. The van der Waals surface area contributed by atoms with E-state index >= 15 is 0 Å². The van der Waals surface area contributed by atoms with Gasteiger partial charge in [0.05, 0.1) is 0 Å². The first kappa shape index (κ1) is 7.20. The molecular weight excluding hydrogens is 202 g/mol. The van der Waals surface area contributed by atoms with Crippen LogP contribution < -0.4 is 0 Å². The number of carbonyl (C=O) groups is 1. The molecule has 0 fully saturated rings. The predicted molar refractivity (Wildman–Crippen MR) is 35.7 cm³/mol. The van der Waals surface area contributed by atoms with Crippen molar-refractivity contribution in [1.29, 1.82) is 0 Å². The molecule has 0 unspecified atom stereocenters. The van der Waals surface area contributed by atoms with Gasteiger partial charge in [0, 0.05) is 7.05 Å². The number of rotatable bonds is 1. The van der Waals surface area contributed by atoms with Crippen LogP contribution in [0.25, 0.3) is 0 Å². The van der Waals surface area contributed by atoms with Crippen LogP contribution >= 0.6 is 15.9 Å². The largest absolute Gasteiger partial charge is 0.476 e. The van der Waals surface area contributed by atoms with Crippen LogP contribution in [0, 0.1) is 0 Å². The molecule has 0 aromatic carbocycles. The molecule has 1 N–H and O–H groups in total. The fraction of sp³-hybridized carbons (Fsp3) is 0.250. The van der Waals surface area contributed by atoms with Crippen molar-refractivity contribution in [3.63, 3.8) is 0 Å². The first-order chi connectivity index (χ1) is 4.61. The Kier molecular flexibility index (Phi) is 1.71. The fourth-order valence-corrected chi connectivity index (χ4v) is 0.992. The lowest BCUT2D eigenvalue weighted by Gasteiger charge is -1.81. The van der Waals surface area contributed by atoms with Gasteiger partial charge in [0.15, 0.2) is 4.60 Å². The minimum Gasteiger partial charge on any atom is -0.476 e. The van der Waals surface area contributed by atoms with Gasteiger partial charge in [-0.1, -0.05) is 0 Å². The molecule has 0 saturated heterocycles. The minimum absolute atomic E-state index is 0.0671. The summed E-state index contributed by atoms with van der Waals surface area (Å²) in [4.78, 5) is 11.5. The van der Waals surface area contributed by atoms with E-state index in [1.807, 2.05) is 0 Å². The highest BCUT2D eigenvalue weighted by molar-refractivity contribution is 9.10. The molecule has 0 amide bonds. The van der Waals surface area contributed by atoms with Crippen molar-refractivity contribution in [2.75, 3.05) is 0 Å². The number of halogens is 1. The van der Waals surface area contributed by atoms with Gasteiger partial charge in [-0.05, 0) is 15.9 Å². The van der Waals surface area contributed by atoms with E-state index in [4.69, 9.17) is 5.11 Å². The topological polar surface area (TPSA) is 68.0 Å². The Bertz CT molecular complexity index is 269. The second-order valence-electron chi connectivity index (χ2n) is 1.63. The Balaban J connectivity index is 3.15. The second kappa shape index (κ2) is 2.37. The molecule has 5 nitrogen and oxygen atoms in total. The van der Waals surface area contributed by atoms with Gasteiger partial charge in [-0.3, -0.25) is 0 Å². The molecule has 0 radical (unpaired) electrons. The van der Waals surface area contributed by atoms with E-state index in [0.717, 1.165) is 0 Å². The smallest absolute Gasteiger partial charge is 0.359 e. The standard InChI is InChI=1S/C4H4BrN3O2/c1-8-6-2(4(9)10)3(5)7-8/h1H3,(H,9,10). The maximum absolute atomic E-state index is 10.3. The number of aromatic nitrogens is 3. The van der Waals surface area contributed by atoms with Crippen LogP contribution in [-0.2, 0) is 7.05 Å². The summed E-state index contributed by atoms with van der Waals surface area (Å²) in [5, 5.41) is 15.7. The van der Waals surface area contributed by atoms with Crippen LogP contribution in [0.15, 0.2) is 4.60 Å². The molecule has 0 bridgehead atoms. The maximum Gasteiger partial charge on any atom is 0.359 e. The summed E-state index contributed by atoms with van der Waals surface area (Å²) in [7, 11) is 1.55. The molecule has 0 aliphatic rings. The molecule has 0 atom stereocenters. The zero-order valence-corrected chi connectivity index (χ0v) is 6.66. The number of carboxylic acids is 1. The van der Waals surface area contributed by atoms with Crippen LogP contribution in [0.5, 0.6) is 0 Å². The van der Waals surface area contributed by atoms with Crippen molar-refractivity contribution in [1.82, 2.24) is 15.0 Å². The zero-order valence-electron chi connectivity index (χ0n) is 5.08. The van der Waals surface area contributed by atoms with Crippen LogP contribution in [0.2, 0.25) is 0 Å².